The molecule has 0 aliphatic rings. The molecule has 0 unspecified atom stereocenters. The van der Waals surface area contributed by atoms with E-state index in [-0.39, 0.29) is 18.0 Å². The smallest absolute Gasteiger partial charge is 0.300 e. The van der Waals surface area contributed by atoms with Crippen molar-refractivity contribution in [2.24, 2.45) is 0 Å². The van der Waals surface area contributed by atoms with Crippen LogP contribution in [0.4, 0.5) is 5.13 Å². The minimum Gasteiger partial charge on any atom is -0.300 e. The number of carbonyl (C=O) groups is 1. The number of fused-ring (bicyclic) bond motifs is 1. The van der Waals surface area contributed by atoms with E-state index in [4.69, 9.17) is 0 Å². The van der Waals surface area contributed by atoms with Crippen LogP contribution in [-0.2, 0) is 17.9 Å². The molecule has 7 nitrogen and oxygen atoms in total. The normalized spacial score (nSPS) is 11.4. The number of amides is 1. The Morgan fingerprint density at radius 2 is 1.71 bits per heavy atom. The lowest BCUT2D eigenvalue weighted by Gasteiger charge is -2.05. The average Bonchev–Trinajstić information content (AvgIpc) is 3.34. The summed E-state index contributed by atoms with van der Waals surface area (Å²) >= 11 is 1.34. The van der Waals surface area contributed by atoms with Crippen molar-refractivity contribution >= 4 is 33.4 Å². The van der Waals surface area contributed by atoms with Crippen molar-refractivity contribution in [3.8, 4) is 10.6 Å². The van der Waals surface area contributed by atoms with E-state index in [0.717, 1.165) is 21.6 Å². The molecule has 1 amide bonds. The second kappa shape index (κ2) is 8.85. The van der Waals surface area contributed by atoms with E-state index in [1.165, 1.54) is 16.9 Å². The van der Waals surface area contributed by atoms with Gasteiger partial charge in [0.25, 0.3) is 0 Å². The Bertz CT molecular complexity index is 1270. The molecule has 1 N–H and O–H groups in total. The van der Waals surface area contributed by atoms with Gasteiger partial charge >= 0.3 is 5.69 Å². The first kappa shape index (κ1) is 21.0. The van der Waals surface area contributed by atoms with Gasteiger partial charge in [-0.1, -0.05) is 61.6 Å². The van der Waals surface area contributed by atoms with Gasteiger partial charge in [-0.25, -0.2) is 4.79 Å². The van der Waals surface area contributed by atoms with Gasteiger partial charge in [-0.05, 0) is 30.5 Å². The zero-order chi connectivity index (χ0) is 22.0. The van der Waals surface area contributed by atoms with Gasteiger partial charge in [0.1, 0.15) is 5.01 Å². The van der Waals surface area contributed by atoms with Crippen LogP contribution < -0.4 is 11.0 Å². The molecule has 0 aliphatic carbocycles. The molecule has 4 rings (SSSR count). The number of nitrogens with one attached hydrogen (secondary N) is 1. The maximum Gasteiger partial charge on any atom is 0.329 e. The van der Waals surface area contributed by atoms with Crippen molar-refractivity contribution in [2.45, 2.75) is 46.2 Å². The van der Waals surface area contributed by atoms with E-state index in [1.54, 1.807) is 9.13 Å². The van der Waals surface area contributed by atoms with Gasteiger partial charge in [-0.3, -0.25) is 13.9 Å². The van der Waals surface area contributed by atoms with Crippen molar-refractivity contribution in [1.29, 1.82) is 0 Å². The molecule has 0 bridgehead atoms. The maximum absolute atomic E-state index is 12.7. The van der Waals surface area contributed by atoms with E-state index >= 15 is 0 Å². The fourth-order valence-electron chi connectivity index (χ4n) is 3.59. The van der Waals surface area contributed by atoms with Gasteiger partial charge in [0.15, 0.2) is 0 Å². The Balaban J connectivity index is 1.43. The number of anilines is 1. The second-order valence-electron chi connectivity index (χ2n) is 7.65. The third-order valence-electron chi connectivity index (χ3n) is 5.30. The van der Waals surface area contributed by atoms with Gasteiger partial charge < -0.3 is 5.32 Å². The van der Waals surface area contributed by atoms with Crippen molar-refractivity contribution in [3.63, 3.8) is 0 Å². The molecular formula is C23H25N5O2S. The first-order valence-corrected chi connectivity index (χ1v) is 11.2. The number of hydrogen-bond donors (Lipinski definition) is 1. The Labute approximate surface area is 184 Å². The molecule has 160 valence electrons. The number of para-hydroxylation sites is 2. The molecule has 2 heterocycles. The van der Waals surface area contributed by atoms with Crippen LogP contribution in [0, 0.1) is 0 Å². The second-order valence-corrected chi connectivity index (χ2v) is 8.63. The summed E-state index contributed by atoms with van der Waals surface area (Å²) in [7, 11) is 0. The molecule has 0 fully saturated rings. The number of aromatic nitrogens is 4. The van der Waals surface area contributed by atoms with Crippen LogP contribution in [0.1, 0.15) is 38.7 Å². The first-order valence-electron chi connectivity index (χ1n) is 10.4. The molecule has 4 aromatic rings. The minimum atomic E-state index is -0.196. The molecule has 0 saturated carbocycles. The molecule has 0 spiro atoms. The number of imidazole rings is 1. The highest BCUT2D eigenvalue weighted by molar-refractivity contribution is 7.18. The van der Waals surface area contributed by atoms with E-state index in [1.807, 2.05) is 43.3 Å². The monoisotopic (exact) mass is 435 g/mol. The highest BCUT2D eigenvalue weighted by Gasteiger charge is 2.14. The molecule has 0 radical (unpaired) electrons. The van der Waals surface area contributed by atoms with Crippen LogP contribution in [0.3, 0.4) is 0 Å². The Morgan fingerprint density at radius 1 is 1.03 bits per heavy atom. The SMILES string of the molecule is CCn1c(=O)n(CCC(=O)Nc2nnc(-c3ccc(C(C)C)cc3)s2)c2ccccc21. The fraction of sp³-hybridized carbons (Fsp3) is 0.304. The van der Waals surface area contributed by atoms with E-state index in [2.05, 4.69) is 41.5 Å². The summed E-state index contributed by atoms with van der Waals surface area (Å²) in [5, 5.41) is 12.3. The van der Waals surface area contributed by atoms with Crippen molar-refractivity contribution in [2.75, 3.05) is 5.32 Å². The first-order chi connectivity index (χ1) is 15.0. The summed E-state index contributed by atoms with van der Waals surface area (Å²) in [6, 6.07) is 15.9. The number of nitrogens with zero attached hydrogens (tertiary/aromatic N) is 4. The molecule has 0 atom stereocenters. The quantitative estimate of drug-likeness (QED) is 0.464. The minimum absolute atomic E-state index is 0.0976. The summed E-state index contributed by atoms with van der Waals surface area (Å²) < 4.78 is 3.37. The van der Waals surface area contributed by atoms with Crippen LogP contribution in [0.15, 0.2) is 53.3 Å². The van der Waals surface area contributed by atoms with Crippen LogP contribution in [0.2, 0.25) is 0 Å². The molecule has 2 aromatic carbocycles. The van der Waals surface area contributed by atoms with Gasteiger partial charge in [0.2, 0.25) is 11.0 Å². The maximum atomic E-state index is 12.7. The Morgan fingerprint density at radius 3 is 2.35 bits per heavy atom. The zero-order valence-corrected chi connectivity index (χ0v) is 18.6. The molecule has 8 heteroatoms. The van der Waals surface area contributed by atoms with Gasteiger partial charge in [0.05, 0.1) is 11.0 Å². The highest BCUT2D eigenvalue weighted by Crippen LogP contribution is 2.27. The molecule has 31 heavy (non-hydrogen) atoms. The predicted octanol–water partition coefficient (Wildman–Crippen LogP) is 4.49. The van der Waals surface area contributed by atoms with Gasteiger partial charge in [-0.15, -0.1) is 10.2 Å². The van der Waals surface area contributed by atoms with Gasteiger partial charge in [-0.2, -0.15) is 0 Å². The summed E-state index contributed by atoms with van der Waals surface area (Å²) in [5.41, 5.74) is 3.86. The van der Waals surface area contributed by atoms with Gasteiger partial charge in [0, 0.05) is 25.1 Å². The molecule has 0 aliphatic heterocycles. The number of aryl methyl sites for hydroxylation is 2. The number of rotatable bonds is 7. The summed E-state index contributed by atoms with van der Waals surface area (Å²) in [4.78, 5) is 25.2. The predicted molar refractivity (Wildman–Crippen MR) is 125 cm³/mol. The highest BCUT2D eigenvalue weighted by atomic mass is 32.1. The fourth-order valence-corrected chi connectivity index (χ4v) is 4.36. The van der Waals surface area contributed by atoms with Crippen LogP contribution in [-0.4, -0.2) is 25.2 Å². The van der Waals surface area contributed by atoms with E-state index in [0.29, 0.717) is 24.1 Å². The largest absolute Gasteiger partial charge is 0.329 e. The van der Waals surface area contributed by atoms with Crippen molar-refractivity contribution in [3.05, 3.63) is 64.6 Å². The lowest BCUT2D eigenvalue weighted by atomic mass is 10.0. The Hall–Kier alpha value is -3.26. The summed E-state index contributed by atoms with van der Waals surface area (Å²) in [5.74, 6) is 0.273. The molecule has 2 aromatic heterocycles. The van der Waals surface area contributed by atoms with Crippen LogP contribution in [0.5, 0.6) is 0 Å². The van der Waals surface area contributed by atoms with E-state index in [9.17, 15) is 9.59 Å². The standard InChI is InChI=1S/C23H25N5O2S/c1-4-27-18-7-5-6-8-19(18)28(23(27)30)14-13-20(29)24-22-26-25-21(31-22)17-11-9-16(10-12-17)15(2)3/h5-12,15H,4,13-14H2,1-3H3,(H,24,26,29). The average molecular weight is 436 g/mol. The molecular weight excluding hydrogens is 410 g/mol. The van der Waals surface area contributed by atoms with Crippen molar-refractivity contribution in [1.82, 2.24) is 19.3 Å². The topological polar surface area (TPSA) is 81.8 Å². The number of carbonyl (C=O) groups excluding carboxylic acids is 1. The van der Waals surface area contributed by atoms with Crippen LogP contribution >= 0.6 is 11.3 Å². The summed E-state index contributed by atoms with van der Waals surface area (Å²) in [6.07, 6.45) is 0.176. The molecule has 0 saturated heterocycles. The summed E-state index contributed by atoms with van der Waals surface area (Å²) in [6.45, 7) is 7.14. The van der Waals surface area contributed by atoms with E-state index < -0.39 is 0 Å². The van der Waals surface area contributed by atoms with Crippen LogP contribution in [0.25, 0.3) is 21.6 Å². The number of benzene rings is 2. The Kier molecular flexibility index (Phi) is 5.99. The third-order valence-corrected chi connectivity index (χ3v) is 6.19. The lowest BCUT2D eigenvalue weighted by Crippen LogP contribution is -2.25. The third kappa shape index (κ3) is 4.29. The zero-order valence-electron chi connectivity index (χ0n) is 17.8. The lowest BCUT2D eigenvalue weighted by molar-refractivity contribution is -0.116. The van der Waals surface area contributed by atoms with Crippen molar-refractivity contribution < 1.29 is 4.79 Å². The number of hydrogen-bond acceptors (Lipinski definition) is 5.